The van der Waals surface area contributed by atoms with Gasteiger partial charge in [-0.05, 0) is 13.8 Å². The molecule has 0 saturated carbocycles. The highest BCUT2D eigenvalue weighted by Crippen LogP contribution is 2.11. The molecule has 1 aliphatic heterocycles. The van der Waals surface area contributed by atoms with E-state index in [1.807, 2.05) is 0 Å². The molecule has 0 bridgehead atoms. The number of carbonyl (C=O) groups excluding carboxylic acids is 3. The van der Waals surface area contributed by atoms with E-state index in [1.165, 1.54) is 14.0 Å². The van der Waals surface area contributed by atoms with Gasteiger partial charge in [-0.2, -0.15) is 0 Å². The summed E-state index contributed by atoms with van der Waals surface area (Å²) < 4.78 is 8.25. The number of hydrogen-bond acceptors (Lipinski definition) is 5. The van der Waals surface area contributed by atoms with Crippen molar-refractivity contribution in [3.8, 4) is 0 Å². The van der Waals surface area contributed by atoms with Crippen molar-refractivity contribution in [2.75, 3.05) is 7.11 Å². The van der Waals surface area contributed by atoms with Gasteiger partial charge in [-0.25, -0.2) is 4.79 Å². The lowest BCUT2D eigenvalue weighted by atomic mass is 10.1. The zero-order valence-corrected chi connectivity index (χ0v) is 8.33. The third-order valence-corrected chi connectivity index (χ3v) is 1.44. The van der Waals surface area contributed by atoms with Gasteiger partial charge < -0.3 is 9.47 Å². The molecule has 14 heavy (non-hydrogen) atoms. The minimum absolute atomic E-state index is 0.347. The molecule has 0 aliphatic carbocycles. The summed E-state index contributed by atoms with van der Waals surface area (Å²) in [5, 5.41) is 0. The Bertz CT molecular complexity index is 265. The molecule has 0 spiro atoms. The summed E-state index contributed by atoms with van der Waals surface area (Å²) in [4.78, 5) is 30.2. The standard InChI is InChI=1S/C5H8O2.C4H4O3/c1-4(2)5(6)7-3;1-2-3(5)7-4(2)6/h1H2,2-3H3;2H,1H3. The number of carbonyl (C=O) groups is 3. The van der Waals surface area contributed by atoms with Crippen LogP contribution in [-0.2, 0) is 23.9 Å². The van der Waals surface area contributed by atoms with Crippen LogP contribution in [-0.4, -0.2) is 25.0 Å². The van der Waals surface area contributed by atoms with Gasteiger partial charge >= 0.3 is 17.9 Å². The summed E-state index contributed by atoms with van der Waals surface area (Å²) in [5.74, 6) is -1.67. The number of esters is 3. The zero-order chi connectivity index (χ0) is 11.3. The Kier molecular flexibility index (Phi) is 4.55. The number of cyclic esters (lactones) is 2. The third kappa shape index (κ3) is 3.38. The van der Waals surface area contributed by atoms with E-state index in [-0.39, 0.29) is 5.97 Å². The topological polar surface area (TPSA) is 69.7 Å². The smallest absolute Gasteiger partial charge is 0.332 e. The zero-order valence-electron chi connectivity index (χ0n) is 8.33. The van der Waals surface area contributed by atoms with Crippen molar-refractivity contribution in [2.45, 2.75) is 13.8 Å². The van der Waals surface area contributed by atoms with Gasteiger partial charge in [-0.1, -0.05) is 6.58 Å². The second-order valence-electron chi connectivity index (χ2n) is 2.73. The molecule has 1 saturated heterocycles. The second-order valence-corrected chi connectivity index (χ2v) is 2.73. The van der Waals surface area contributed by atoms with Crippen LogP contribution in [0.1, 0.15) is 13.8 Å². The highest BCUT2D eigenvalue weighted by molar-refractivity contribution is 6.08. The largest absolute Gasteiger partial charge is 0.466 e. The molecule has 5 nitrogen and oxygen atoms in total. The molecule has 0 amide bonds. The number of rotatable bonds is 1. The fraction of sp³-hybridized carbons (Fsp3) is 0.444. The lowest BCUT2D eigenvalue weighted by Crippen LogP contribution is -2.38. The van der Waals surface area contributed by atoms with E-state index in [9.17, 15) is 14.4 Å². The van der Waals surface area contributed by atoms with Crippen LogP contribution in [0.25, 0.3) is 0 Å². The quantitative estimate of drug-likeness (QED) is 0.349. The van der Waals surface area contributed by atoms with Crippen molar-refractivity contribution in [1.29, 1.82) is 0 Å². The summed E-state index contributed by atoms with van der Waals surface area (Å²) in [6.07, 6.45) is 0. The molecule has 0 N–H and O–H groups in total. The Labute approximate surface area is 81.7 Å². The SMILES string of the molecule is C=C(C)C(=O)OC.CC1C(=O)OC1=O. The Balaban J connectivity index is 0.000000241. The molecular weight excluding hydrogens is 188 g/mol. The van der Waals surface area contributed by atoms with Crippen molar-refractivity contribution in [3.63, 3.8) is 0 Å². The summed E-state index contributed by atoms with van der Waals surface area (Å²) >= 11 is 0. The Hall–Kier alpha value is -1.65. The van der Waals surface area contributed by atoms with E-state index in [2.05, 4.69) is 16.1 Å². The summed E-state index contributed by atoms with van der Waals surface area (Å²) in [5.41, 5.74) is 0.433. The molecule has 0 radical (unpaired) electrons. The van der Waals surface area contributed by atoms with E-state index in [1.54, 1.807) is 6.92 Å². The van der Waals surface area contributed by atoms with Gasteiger partial charge in [0.2, 0.25) is 0 Å². The van der Waals surface area contributed by atoms with Crippen molar-refractivity contribution >= 4 is 17.9 Å². The number of hydrogen-bond donors (Lipinski definition) is 0. The lowest BCUT2D eigenvalue weighted by Gasteiger charge is -2.16. The molecule has 0 aromatic rings. The first-order valence-corrected chi connectivity index (χ1v) is 3.89. The monoisotopic (exact) mass is 200 g/mol. The molecule has 0 unspecified atom stereocenters. The average Bonchev–Trinajstić information content (AvgIpc) is 2.17. The Morgan fingerprint density at radius 2 is 1.86 bits per heavy atom. The average molecular weight is 200 g/mol. The number of methoxy groups -OCH3 is 1. The van der Waals surface area contributed by atoms with Gasteiger partial charge in [0.05, 0.1) is 7.11 Å². The van der Waals surface area contributed by atoms with Gasteiger partial charge in [0.25, 0.3) is 0 Å². The second kappa shape index (κ2) is 5.16. The first-order valence-electron chi connectivity index (χ1n) is 3.89. The molecular formula is C9H12O5. The van der Waals surface area contributed by atoms with Crippen LogP contribution in [0, 0.1) is 5.92 Å². The lowest BCUT2D eigenvalue weighted by molar-refractivity contribution is -0.182. The molecule has 78 valence electrons. The molecule has 1 aliphatic rings. The Morgan fingerprint density at radius 3 is 1.86 bits per heavy atom. The van der Waals surface area contributed by atoms with Gasteiger partial charge in [0, 0.05) is 5.57 Å². The molecule has 0 atom stereocenters. The molecule has 1 heterocycles. The van der Waals surface area contributed by atoms with Crippen molar-refractivity contribution in [3.05, 3.63) is 12.2 Å². The summed E-state index contributed by atoms with van der Waals surface area (Å²) in [7, 11) is 1.33. The minimum Gasteiger partial charge on any atom is -0.466 e. The fourth-order valence-corrected chi connectivity index (χ4v) is 0.488. The maximum absolute atomic E-state index is 10.2. The third-order valence-electron chi connectivity index (χ3n) is 1.44. The molecule has 1 fully saturated rings. The van der Waals surface area contributed by atoms with Gasteiger partial charge in [0.15, 0.2) is 5.92 Å². The molecule has 1 rings (SSSR count). The van der Waals surface area contributed by atoms with Crippen molar-refractivity contribution in [1.82, 2.24) is 0 Å². The van der Waals surface area contributed by atoms with Crippen LogP contribution < -0.4 is 0 Å². The molecule has 5 heteroatoms. The summed E-state index contributed by atoms with van der Waals surface area (Å²) in [6, 6.07) is 0. The highest BCUT2D eigenvalue weighted by Gasteiger charge is 2.36. The van der Waals surface area contributed by atoms with Crippen LogP contribution in [0.3, 0.4) is 0 Å². The fourth-order valence-electron chi connectivity index (χ4n) is 0.488. The predicted molar refractivity (Wildman–Crippen MR) is 47.1 cm³/mol. The maximum Gasteiger partial charge on any atom is 0.332 e. The molecule has 0 aromatic heterocycles. The first kappa shape index (κ1) is 12.3. The van der Waals surface area contributed by atoms with Crippen LogP contribution in [0.2, 0.25) is 0 Å². The van der Waals surface area contributed by atoms with Crippen LogP contribution in [0.5, 0.6) is 0 Å². The van der Waals surface area contributed by atoms with Crippen LogP contribution >= 0.6 is 0 Å². The highest BCUT2D eigenvalue weighted by atomic mass is 16.6. The van der Waals surface area contributed by atoms with Crippen LogP contribution in [0.4, 0.5) is 0 Å². The number of ether oxygens (including phenoxy) is 2. The van der Waals surface area contributed by atoms with E-state index in [0.29, 0.717) is 5.57 Å². The van der Waals surface area contributed by atoms with Crippen LogP contribution in [0.15, 0.2) is 12.2 Å². The van der Waals surface area contributed by atoms with Gasteiger partial charge in [0.1, 0.15) is 0 Å². The van der Waals surface area contributed by atoms with E-state index >= 15 is 0 Å². The van der Waals surface area contributed by atoms with Crippen molar-refractivity contribution < 1.29 is 23.9 Å². The van der Waals surface area contributed by atoms with E-state index in [4.69, 9.17) is 0 Å². The van der Waals surface area contributed by atoms with Gasteiger partial charge in [-0.3, -0.25) is 9.59 Å². The maximum atomic E-state index is 10.2. The van der Waals surface area contributed by atoms with E-state index < -0.39 is 17.9 Å². The van der Waals surface area contributed by atoms with Crippen molar-refractivity contribution in [2.24, 2.45) is 5.92 Å². The predicted octanol–water partition coefficient (Wildman–Crippen LogP) is 0.441. The van der Waals surface area contributed by atoms with Gasteiger partial charge in [-0.15, -0.1) is 0 Å². The molecule has 0 aromatic carbocycles. The first-order chi connectivity index (χ1) is 6.40. The summed E-state index contributed by atoms with van der Waals surface area (Å²) in [6.45, 7) is 6.48. The minimum atomic E-state index is -0.500. The van der Waals surface area contributed by atoms with E-state index in [0.717, 1.165) is 0 Å². The normalized spacial score (nSPS) is 14.5. The Morgan fingerprint density at radius 1 is 1.43 bits per heavy atom.